The average Bonchev–Trinajstić information content (AvgIpc) is 2.85. The number of aromatic nitrogens is 2. The number of anilines is 1. The molecule has 0 aliphatic carbocycles. The van der Waals surface area contributed by atoms with E-state index in [1.165, 1.54) is 12.1 Å². The Hall–Kier alpha value is -2.02. The van der Waals surface area contributed by atoms with Gasteiger partial charge in [0.2, 0.25) is 0 Å². The maximum absolute atomic E-state index is 12.7. The van der Waals surface area contributed by atoms with Crippen LogP contribution in [0.2, 0.25) is 0 Å². The molecule has 2 heterocycles. The molecule has 0 fully saturated rings. The summed E-state index contributed by atoms with van der Waals surface area (Å²) < 4.78 is 12.7. The van der Waals surface area contributed by atoms with Crippen LogP contribution in [0.15, 0.2) is 23.7 Å². The quantitative estimate of drug-likeness (QED) is 0.911. The number of hydrogen-bond acceptors (Lipinski definition) is 4. The Kier molecular flexibility index (Phi) is 4.62. The van der Waals surface area contributed by atoms with Crippen molar-refractivity contribution in [3.8, 4) is 0 Å². The summed E-state index contributed by atoms with van der Waals surface area (Å²) in [4.78, 5) is 19.8. The van der Waals surface area contributed by atoms with Gasteiger partial charge in [0, 0.05) is 23.5 Å². The minimum Gasteiger partial charge on any atom is -0.337 e. The Morgan fingerprint density at radius 3 is 2.90 bits per heavy atom. The van der Waals surface area contributed by atoms with Crippen LogP contribution in [0, 0.1) is 12.7 Å². The largest absolute Gasteiger partial charge is 0.337 e. The summed E-state index contributed by atoms with van der Waals surface area (Å²) in [6, 6.07) is 2.27. The first-order valence-electron chi connectivity index (χ1n) is 6.13. The number of carbonyl (C=O) groups excluding carboxylic acids is 1. The average molecular weight is 294 g/mol. The summed E-state index contributed by atoms with van der Waals surface area (Å²) in [6.45, 7) is 4.40. The van der Waals surface area contributed by atoms with Crippen LogP contribution in [0.5, 0.6) is 0 Å². The highest BCUT2D eigenvalue weighted by molar-refractivity contribution is 7.09. The standard InChI is InChI=1S/C13H15FN4OS/c1-8(12-17-9(2)7-20-12)5-16-13(19)18-11-4-3-10(14)6-15-11/h3-4,6-8H,5H2,1-2H3,(H2,15,16,18,19)/t8-/m0/s1. The molecule has 0 bridgehead atoms. The summed E-state index contributed by atoms with van der Waals surface area (Å²) in [6.07, 6.45) is 1.05. The molecule has 20 heavy (non-hydrogen) atoms. The molecule has 1 atom stereocenters. The number of hydrogen-bond donors (Lipinski definition) is 2. The van der Waals surface area contributed by atoms with Crippen molar-refractivity contribution in [1.82, 2.24) is 15.3 Å². The Morgan fingerprint density at radius 2 is 2.30 bits per heavy atom. The highest BCUT2D eigenvalue weighted by Gasteiger charge is 2.11. The van der Waals surface area contributed by atoms with Crippen molar-refractivity contribution in [2.24, 2.45) is 0 Å². The monoisotopic (exact) mass is 294 g/mol. The van der Waals surface area contributed by atoms with Gasteiger partial charge >= 0.3 is 6.03 Å². The van der Waals surface area contributed by atoms with Gasteiger partial charge in [-0.3, -0.25) is 5.32 Å². The zero-order valence-electron chi connectivity index (χ0n) is 11.2. The summed E-state index contributed by atoms with van der Waals surface area (Å²) in [7, 11) is 0. The molecule has 0 saturated heterocycles. The highest BCUT2D eigenvalue weighted by Crippen LogP contribution is 2.18. The van der Waals surface area contributed by atoms with Gasteiger partial charge in [-0.1, -0.05) is 6.92 Å². The van der Waals surface area contributed by atoms with E-state index < -0.39 is 5.82 Å². The molecule has 0 aromatic carbocycles. The van der Waals surface area contributed by atoms with Crippen molar-refractivity contribution in [3.63, 3.8) is 0 Å². The Labute approximate surface area is 120 Å². The summed E-state index contributed by atoms with van der Waals surface area (Å²) in [5.74, 6) is 0.00555. The SMILES string of the molecule is Cc1csc([C@@H](C)CNC(=O)Nc2ccc(F)cn2)n1. The number of halogens is 1. The number of urea groups is 1. The van der Waals surface area contributed by atoms with Crippen LogP contribution in [0.25, 0.3) is 0 Å². The topological polar surface area (TPSA) is 66.9 Å². The smallest absolute Gasteiger partial charge is 0.320 e. The molecule has 106 valence electrons. The number of nitrogens with one attached hydrogen (secondary N) is 2. The van der Waals surface area contributed by atoms with Gasteiger partial charge in [-0.2, -0.15) is 0 Å². The van der Waals surface area contributed by atoms with E-state index >= 15 is 0 Å². The number of aryl methyl sites for hydroxylation is 1. The number of amides is 2. The van der Waals surface area contributed by atoms with Gasteiger partial charge in [0.05, 0.1) is 11.2 Å². The fourth-order valence-electron chi connectivity index (χ4n) is 1.54. The summed E-state index contributed by atoms with van der Waals surface area (Å²) >= 11 is 1.58. The van der Waals surface area contributed by atoms with Crippen LogP contribution in [0.3, 0.4) is 0 Å². The van der Waals surface area contributed by atoms with Crippen LogP contribution in [0.1, 0.15) is 23.5 Å². The predicted molar refractivity (Wildman–Crippen MR) is 76.5 cm³/mol. The molecule has 0 radical (unpaired) electrons. The maximum atomic E-state index is 12.7. The van der Waals surface area contributed by atoms with Crippen LogP contribution in [-0.4, -0.2) is 22.5 Å². The Bertz CT molecular complexity index is 584. The fraction of sp³-hybridized carbons (Fsp3) is 0.308. The molecule has 2 amide bonds. The summed E-state index contributed by atoms with van der Waals surface area (Å²) in [5, 5.41) is 8.24. The zero-order chi connectivity index (χ0) is 14.5. The van der Waals surface area contributed by atoms with E-state index in [1.54, 1.807) is 11.3 Å². The number of rotatable bonds is 4. The van der Waals surface area contributed by atoms with Crippen molar-refractivity contribution < 1.29 is 9.18 Å². The van der Waals surface area contributed by atoms with Crippen LogP contribution < -0.4 is 10.6 Å². The minimum atomic E-state index is -0.441. The van der Waals surface area contributed by atoms with Crippen molar-refractivity contribution >= 4 is 23.2 Å². The first-order chi connectivity index (χ1) is 9.54. The molecular weight excluding hydrogens is 279 g/mol. The lowest BCUT2D eigenvalue weighted by Crippen LogP contribution is -2.32. The summed E-state index contributed by atoms with van der Waals surface area (Å²) in [5.41, 5.74) is 0.983. The van der Waals surface area contributed by atoms with E-state index in [1.807, 2.05) is 19.2 Å². The predicted octanol–water partition coefficient (Wildman–Crippen LogP) is 2.91. The van der Waals surface area contributed by atoms with E-state index in [0.717, 1.165) is 16.9 Å². The fourth-order valence-corrected chi connectivity index (χ4v) is 2.40. The van der Waals surface area contributed by atoms with Crippen LogP contribution in [0.4, 0.5) is 15.0 Å². The van der Waals surface area contributed by atoms with Gasteiger partial charge in [0.25, 0.3) is 0 Å². The van der Waals surface area contributed by atoms with E-state index in [0.29, 0.717) is 12.4 Å². The van der Waals surface area contributed by atoms with E-state index in [2.05, 4.69) is 20.6 Å². The lowest BCUT2D eigenvalue weighted by Gasteiger charge is -2.10. The molecule has 0 spiro atoms. The molecule has 7 heteroatoms. The van der Waals surface area contributed by atoms with Gasteiger partial charge < -0.3 is 5.32 Å². The van der Waals surface area contributed by atoms with Gasteiger partial charge in [-0.15, -0.1) is 11.3 Å². The van der Waals surface area contributed by atoms with Crippen molar-refractivity contribution in [2.45, 2.75) is 19.8 Å². The second kappa shape index (κ2) is 6.42. The molecule has 2 aromatic heterocycles. The van der Waals surface area contributed by atoms with Crippen LogP contribution >= 0.6 is 11.3 Å². The highest BCUT2D eigenvalue weighted by atomic mass is 32.1. The van der Waals surface area contributed by atoms with Gasteiger partial charge in [0.1, 0.15) is 11.6 Å². The number of pyridine rings is 1. The molecule has 0 aliphatic rings. The van der Waals surface area contributed by atoms with Crippen molar-refractivity contribution in [3.05, 3.63) is 40.2 Å². The Morgan fingerprint density at radius 1 is 1.50 bits per heavy atom. The molecule has 2 rings (SSSR count). The molecular formula is C13H15FN4OS. The molecule has 2 aromatic rings. The molecule has 0 aliphatic heterocycles. The molecule has 5 nitrogen and oxygen atoms in total. The molecule has 0 saturated carbocycles. The second-order valence-electron chi connectivity index (χ2n) is 4.42. The first-order valence-corrected chi connectivity index (χ1v) is 7.01. The maximum Gasteiger partial charge on any atom is 0.320 e. The second-order valence-corrected chi connectivity index (χ2v) is 5.31. The molecule has 0 unspecified atom stereocenters. The lowest BCUT2D eigenvalue weighted by atomic mass is 10.2. The minimum absolute atomic E-state index is 0.139. The first kappa shape index (κ1) is 14.4. The third-order valence-electron chi connectivity index (χ3n) is 2.60. The Balaban J connectivity index is 1.81. The van der Waals surface area contributed by atoms with Gasteiger partial charge in [0.15, 0.2) is 0 Å². The number of nitrogens with zero attached hydrogens (tertiary/aromatic N) is 2. The van der Waals surface area contributed by atoms with Crippen molar-refractivity contribution in [2.75, 3.05) is 11.9 Å². The normalized spacial score (nSPS) is 11.9. The number of carbonyl (C=O) groups is 1. The molecule has 2 N–H and O–H groups in total. The third kappa shape index (κ3) is 3.99. The van der Waals surface area contributed by atoms with Gasteiger partial charge in [-0.25, -0.2) is 19.2 Å². The van der Waals surface area contributed by atoms with Crippen molar-refractivity contribution in [1.29, 1.82) is 0 Å². The lowest BCUT2D eigenvalue weighted by molar-refractivity contribution is 0.251. The van der Waals surface area contributed by atoms with E-state index in [4.69, 9.17) is 0 Å². The number of thiazole rings is 1. The third-order valence-corrected chi connectivity index (χ3v) is 3.79. The van der Waals surface area contributed by atoms with E-state index in [9.17, 15) is 9.18 Å². The van der Waals surface area contributed by atoms with Gasteiger partial charge in [-0.05, 0) is 19.1 Å². The van der Waals surface area contributed by atoms with E-state index in [-0.39, 0.29) is 11.9 Å². The van der Waals surface area contributed by atoms with Crippen LogP contribution in [-0.2, 0) is 0 Å². The zero-order valence-corrected chi connectivity index (χ0v) is 12.0.